The van der Waals surface area contributed by atoms with E-state index in [0.717, 1.165) is 36.1 Å². The highest BCUT2D eigenvalue weighted by Gasteiger charge is 2.36. The molecule has 1 aliphatic heterocycles. The number of aryl methyl sites for hydroxylation is 1. The Morgan fingerprint density at radius 2 is 1.94 bits per heavy atom. The molecular formula is C26H31N5O3. The lowest BCUT2D eigenvalue weighted by molar-refractivity contribution is -0.146. The summed E-state index contributed by atoms with van der Waals surface area (Å²) in [5.41, 5.74) is 5.79. The van der Waals surface area contributed by atoms with Gasteiger partial charge < -0.3 is 4.74 Å². The number of rotatable bonds is 6. The second kappa shape index (κ2) is 9.18. The van der Waals surface area contributed by atoms with Gasteiger partial charge in [0.1, 0.15) is 11.7 Å². The summed E-state index contributed by atoms with van der Waals surface area (Å²) in [7, 11) is 0. The van der Waals surface area contributed by atoms with Crippen LogP contribution in [0.3, 0.4) is 0 Å². The molecule has 3 atom stereocenters. The number of anilines is 1. The number of carbonyl (C=O) groups excluding carboxylic acids is 1. The lowest BCUT2D eigenvalue weighted by atomic mass is 10.0. The highest BCUT2D eigenvalue weighted by Crippen LogP contribution is 2.37. The SMILES string of the molecule is CCOC(=O)C(C)n1c(=O)c(-c2ccccc2C)cc2cnc(NN3CC4CCCC4C3)nc21. The van der Waals surface area contributed by atoms with Gasteiger partial charge in [-0.15, -0.1) is 0 Å². The van der Waals surface area contributed by atoms with Crippen LogP contribution in [0.5, 0.6) is 0 Å². The van der Waals surface area contributed by atoms with Crippen LogP contribution in [0.4, 0.5) is 5.95 Å². The van der Waals surface area contributed by atoms with Gasteiger partial charge in [0.25, 0.3) is 5.56 Å². The fraction of sp³-hybridized carbons (Fsp3) is 0.462. The largest absolute Gasteiger partial charge is 0.464 e. The Bertz CT molecular complexity index is 1280. The number of nitrogens with zero attached hydrogens (tertiary/aromatic N) is 4. The van der Waals surface area contributed by atoms with Crippen LogP contribution in [0.15, 0.2) is 41.3 Å². The van der Waals surface area contributed by atoms with Crippen molar-refractivity contribution in [1.82, 2.24) is 19.5 Å². The molecule has 2 aromatic heterocycles. The van der Waals surface area contributed by atoms with Crippen molar-refractivity contribution in [2.75, 3.05) is 25.1 Å². The van der Waals surface area contributed by atoms with Crippen molar-refractivity contribution < 1.29 is 9.53 Å². The smallest absolute Gasteiger partial charge is 0.329 e. The van der Waals surface area contributed by atoms with Crippen LogP contribution in [-0.2, 0) is 9.53 Å². The van der Waals surface area contributed by atoms with Crippen molar-refractivity contribution in [2.24, 2.45) is 11.8 Å². The lowest BCUT2D eigenvalue weighted by Gasteiger charge is -2.20. The first-order valence-electron chi connectivity index (χ1n) is 12.1. The third kappa shape index (κ3) is 4.07. The van der Waals surface area contributed by atoms with Crippen LogP contribution in [0, 0.1) is 18.8 Å². The maximum absolute atomic E-state index is 13.7. The number of carbonyl (C=O) groups is 1. The van der Waals surface area contributed by atoms with E-state index >= 15 is 0 Å². The van der Waals surface area contributed by atoms with E-state index in [9.17, 15) is 9.59 Å². The zero-order valence-corrected chi connectivity index (χ0v) is 20.0. The first-order valence-corrected chi connectivity index (χ1v) is 12.1. The van der Waals surface area contributed by atoms with Crippen molar-refractivity contribution >= 4 is 23.0 Å². The summed E-state index contributed by atoms with van der Waals surface area (Å²) in [5.74, 6) is 1.42. The minimum atomic E-state index is -0.826. The number of ether oxygens (including phenoxy) is 1. The third-order valence-corrected chi connectivity index (χ3v) is 7.21. The molecule has 8 heteroatoms. The first kappa shape index (κ1) is 22.5. The molecule has 178 valence electrons. The van der Waals surface area contributed by atoms with E-state index in [0.29, 0.717) is 22.5 Å². The second-order valence-electron chi connectivity index (χ2n) is 9.42. The summed E-state index contributed by atoms with van der Waals surface area (Å²) in [4.78, 5) is 35.7. The van der Waals surface area contributed by atoms with E-state index in [1.54, 1.807) is 20.0 Å². The molecule has 8 nitrogen and oxygen atoms in total. The summed E-state index contributed by atoms with van der Waals surface area (Å²) < 4.78 is 6.69. The average molecular weight is 462 g/mol. The Labute approximate surface area is 198 Å². The summed E-state index contributed by atoms with van der Waals surface area (Å²) in [5, 5.41) is 2.87. The molecule has 0 bridgehead atoms. The van der Waals surface area contributed by atoms with Crippen molar-refractivity contribution in [3.05, 3.63) is 52.4 Å². The van der Waals surface area contributed by atoms with Crippen molar-refractivity contribution in [3.63, 3.8) is 0 Å². The van der Waals surface area contributed by atoms with E-state index in [1.807, 2.05) is 37.3 Å². The molecular weight excluding hydrogens is 430 g/mol. The minimum absolute atomic E-state index is 0.242. The van der Waals surface area contributed by atoms with Gasteiger partial charge in [-0.25, -0.2) is 14.8 Å². The standard InChI is InChI=1S/C26H31N5O3/c1-4-34-25(33)17(3)31-23-20(12-22(24(31)32)21-11-6-5-8-16(21)2)13-27-26(28-23)29-30-14-18-9-7-10-19(18)15-30/h5-6,8,11-13,17-19H,4,7,9-10,14-15H2,1-3H3,(H,27,28,29). The molecule has 3 heterocycles. The van der Waals surface area contributed by atoms with Gasteiger partial charge in [0.2, 0.25) is 5.95 Å². The number of nitrogens with one attached hydrogen (secondary N) is 1. The van der Waals surface area contributed by atoms with E-state index in [-0.39, 0.29) is 12.2 Å². The quantitative estimate of drug-likeness (QED) is 0.556. The zero-order chi connectivity index (χ0) is 23.8. The normalized spacial score (nSPS) is 20.9. The number of hydrogen-bond acceptors (Lipinski definition) is 7. The molecule has 0 amide bonds. The predicted molar refractivity (Wildman–Crippen MR) is 131 cm³/mol. The van der Waals surface area contributed by atoms with Crippen LogP contribution in [0.1, 0.15) is 44.7 Å². The maximum Gasteiger partial charge on any atom is 0.329 e. The van der Waals surface area contributed by atoms with Gasteiger partial charge in [-0.05, 0) is 62.6 Å². The van der Waals surface area contributed by atoms with E-state index in [2.05, 4.69) is 15.4 Å². The van der Waals surface area contributed by atoms with Gasteiger partial charge >= 0.3 is 5.97 Å². The molecule has 1 aliphatic carbocycles. The molecule has 34 heavy (non-hydrogen) atoms. The number of benzene rings is 1. The molecule has 3 aromatic rings. The molecule has 5 rings (SSSR count). The average Bonchev–Trinajstić information content (AvgIpc) is 3.41. The minimum Gasteiger partial charge on any atom is -0.464 e. The Kier molecular flexibility index (Phi) is 6.08. The van der Waals surface area contributed by atoms with Gasteiger partial charge in [-0.2, -0.15) is 4.98 Å². The van der Waals surface area contributed by atoms with Crippen molar-refractivity contribution in [1.29, 1.82) is 0 Å². The number of hydrazine groups is 1. The molecule has 3 unspecified atom stereocenters. The first-order chi connectivity index (χ1) is 16.5. The summed E-state index contributed by atoms with van der Waals surface area (Å²) in [6.07, 6.45) is 5.59. The lowest BCUT2D eigenvalue weighted by Crippen LogP contribution is -2.32. The molecule has 1 saturated carbocycles. The van der Waals surface area contributed by atoms with Crippen LogP contribution < -0.4 is 11.0 Å². The Morgan fingerprint density at radius 1 is 1.21 bits per heavy atom. The summed E-state index contributed by atoms with van der Waals surface area (Å²) in [6.45, 7) is 7.59. The zero-order valence-electron chi connectivity index (χ0n) is 20.0. The van der Waals surface area contributed by atoms with E-state index in [1.165, 1.54) is 23.8 Å². The Balaban J connectivity index is 1.59. The Morgan fingerprint density at radius 3 is 2.65 bits per heavy atom. The molecule has 1 aromatic carbocycles. The van der Waals surface area contributed by atoms with Crippen LogP contribution in [0.2, 0.25) is 0 Å². The number of esters is 1. The topological polar surface area (TPSA) is 89.3 Å². The van der Waals surface area contributed by atoms with Crippen molar-refractivity contribution in [3.8, 4) is 11.1 Å². The van der Waals surface area contributed by atoms with Gasteiger partial charge in [0, 0.05) is 30.2 Å². The van der Waals surface area contributed by atoms with Crippen LogP contribution in [-0.4, -0.2) is 45.2 Å². The van der Waals surface area contributed by atoms with Gasteiger partial charge in [-0.3, -0.25) is 14.8 Å². The molecule has 1 N–H and O–H groups in total. The molecule has 1 saturated heterocycles. The van der Waals surface area contributed by atoms with Gasteiger partial charge in [-0.1, -0.05) is 30.7 Å². The maximum atomic E-state index is 13.7. The highest BCUT2D eigenvalue weighted by atomic mass is 16.5. The highest BCUT2D eigenvalue weighted by molar-refractivity contribution is 5.84. The monoisotopic (exact) mass is 461 g/mol. The van der Waals surface area contributed by atoms with E-state index in [4.69, 9.17) is 9.72 Å². The molecule has 2 aliphatic rings. The van der Waals surface area contributed by atoms with Crippen molar-refractivity contribution in [2.45, 2.75) is 46.1 Å². The molecule has 2 fully saturated rings. The number of fused-ring (bicyclic) bond motifs is 2. The molecule has 0 radical (unpaired) electrons. The molecule has 0 spiro atoms. The van der Waals surface area contributed by atoms with E-state index < -0.39 is 12.0 Å². The fourth-order valence-corrected chi connectivity index (χ4v) is 5.44. The van der Waals surface area contributed by atoms with Gasteiger partial charge in [0.15, 0.2) is 0 Å². The van der Waals surface area contributed by atoms with Crippen LogP contribution >= 0.6 is 0 Å². The van der Waals surface area contributed by atoms with Crippen LogP contribution in [0.25, 0.3) is 22.2 Å². The van der Waals surface area contributed by atoms with Gasteiger partial charge in [0.05, 0.1) is 6.61 Å². The fourth-order valence-electron chi connectivity index (χ4n) is 5.44. The number of aromatic nitrogens is 3. The number of hydrogen-bond donors (Lipinski definition) is 1. The number of pyridine rings is 1. The summed E-state index contributed by atoms with van der Waals surface area (Å²) in [6, 6.07) is 8.71. The Hall–Kier alpha value is -3.26. The summed E-state index contributed by atoms with van der Waals surface area (Å²) >= 11 is 0. The predicted octanol–water partition coefficient (Wildman–Crippen LogP) is 3.95. The second-order valence-corrected chi connectivity index (χ2v) is 9.42. The third-order valence-electron chi connectivity index (χ3n) is 7.21.